The maximum atomic E-state index is 12.8. The first-order valence-electron chi connectivity index (χ1n) is 9.47. The Kier molecular flexibility index (Phi) is 5.84. The summed E-state index contributed by atoms with van der Waals surface area (Å²) in [5.41, 5.74) is 10.4. The van der Waals surface area contributed by atoms with Crippen LogP contribution in [-0.2, 0) is 6.42 Å². The Labute approximate surface area is 165 Å². The van der Waals surface area contributed by atoms with Crippen LogP contribution in [0, 0.1) is 0 Å². The Bertz CT molecular complexity index is 1000. The monoisotopic (exact) mass is 378 g/mol. The van der Waals surface area contributed by atoms with Gasteiger partial charge in [0.05, 0.1) is 16.9 Å². The highest BCUT2D eigenvalue weighted by atomic mass is 16.2. The summed E-state index contributed by atoms with van der Waals surface area (Å²) in [6.07, 6.45) is 1.73. The van der Waals surface area contributed by atoms with Gasteiger partial charge in [-0.05, 0) is 37.6 Å². The molecule has 0 unspecified atom stereocenters. The number of nitrogens with two attached hydrogens (primary N) is 1. The molecule has 3 rings (SSSR count). The summed E-state index contributed by atoms with van der Waals surface area (Å²) in [5, 5.41) is 3.48. The summed E-state index contributed by atoms with van der Waals surface area (Å²) in [7, 11) is 3.72. The van der Waals surface area contributed by atoms with E-state index in [1.807, 2.05) is 57.4 Å². The Morgan fingerprint density at radius 2 is 1.86 bits per heavy atom. The molecule has 7 heteroatoms. The number of pyridine rings is 1. The molecule has 0 aliphatic heterocycles. The molecular weight excluding hydrogens is 352 g/mol. The van der Waals surface area contributed by atoms with Crippen LogP contribution < -0.4 is 5.73 Å². The number of hydrogen-bond acceptors (Lipinski definition) is 6. The molecule has 0 atom stereocenters. The molecule has 2 N–H and O–H groups in total. The van der Waals surface area contributed by atoms with Gasteiger partial charge < -0.3 is 5.73 Å². The van der Waals surface area contributed by atoms with E-state index in [0.717, 1.165) is 40.8 Å². The highest BCUT2D eigenvalue weighted by Crippen LogP contribution is 2.24. The number of aryl methyl sites for hydroxylation is 1. The Morgan fingerprint density at radius 1 is 1.07 bits per heavy atom. The Balaban J connectivity index is 2.04. The zero-order chi connectivity index (χ0) is 20.3. The lowest BCUT2D eigenvalue weighted by atomic mass is 10.1. The summed E-state index contributed by atoms with van der Waals surface area (Å²) >= 11 is 0. The highest BCUT2D eigenvalue weighted by Gasteiger charge is 2.17. The van der Waals surface area contributed by atoms with Crippen LogP contribution in [0.15, 0.2) is 36.4 Å². The first-order chi connectivity index (χ1) is 13.4. The molecule has 0 bridgehead atoms. The minimum absolute atomic E-state index is 0.0436. The first-order valence-corrected chi connectivity index (χ1v) is 9.47. The van der Waals surface area contributed by atoms with Crippen molar-refractivity contribution in [1.82, 2.24) is 25.0 Å². The molecule has 28 heavy (non-hydrogen) atoms. The molecule has 0 aliphatic carbocycles. The van der Waals surface area contributed by atoms with Crippen LogP contribution in [0.1, 0.15) is 36.3 Å². The number of anilines is 1. The van der Waals surface area contributed by atoms with Crippen molar-refractivity contribution in [3.05, 3.63) is 47.7 Å². The molecule has 1 aromatic carbocycles. The number of amides is 1. The molecule has 0 saturated carbocycles. The van der Waals surface area contributed by atoms with E-state index in [2.05, 4.69) is 16.9 Å². The van der Waals surface area contributed by atoms with Crippen molar-refractivity contribution in [3.8, 4) is 11.3 Å². The van der Waals surface area contributed by atoms with Gasteiger partial charge in [-0.25, -0.2) is 20.0 Å². The number of nitrogen functional groups attached to an aromatic ring is 1. The molecule has 0 aliphatic rings. The smallest absolute Gasteiger partial charge is 0.268 e. The van der Waals surface area contributed by atoms with Crippen LogP contribution in [0.5, 0.6) is 0 Å². The fraction of sp³-hybridized carbons (Fsp3) is 0.333. The molecule has 3 aromatic rings. The number of rotatable bonds is 6. The summed E-state index contributed by atoms with van der Waals surface area (Å²) in [6, 6.07) is 11.3. The average molecular weight is 378 g/mol. The van der Waals surface area contributed by atoms with E-state index in [0.29, 0.717) is 12.1 Å². The lowest BCUT2D eigenvalue weighted by Gasteiger charge is -2.27. The second-order valence-electron chi connectivity index (χ2n) is 6.79. The number of benzene rings is 1. The van der Waals surface area contributed by atoms with Crippen molar-refractivity contribution < 1.29 is 4.79 Å². The van der Waals surface area contributed by atoms with E-state index in [1.54, 1.807) is 10.0 Å². The van der Waals surface area contributed by atoms with Crippen LogP contribution in [0.2, 0.25) is 0 Å². The molecule has 0 radical (unpaired) electrons. The van der Waals surface area contributed by atoms with E-state index in [1.165, 1.54) is 0 Å². The van der Waals surface area contributed by atoms with Gasteiger partial charge >= 0.3 is 0 Å². The maximum absolute atomic E-state index is 12.8. The van der Waals surface area contributed by atoms with E-state index in [-0.39, 0.29) is 11.9 Å². The standard InChI is InChI=1S/C21H26N6O/c1-5-8-17-19-18(25-21(22)24-17)12-11-16(23-19)14-9-7-10-15(13-14)20(28)27(6-2)26(3)4/h7,9-13H,5-6,8H2,1-4H3,(H2,22,24,25). The van der Waals surface area contributed by atoms with Crippen LogP contribution in [0.25, 0.3) is 22.3 Å². The van der Waals surface area contributed by atoms with Crippen molar-refractivity contribution >= 4 is 22.9 Å². The van der Waals surface area contributed by atoms with Gasteiger partial charge in [-0.15, -0.1) is 0 Å². The van der Waals surface area contributed by atoms with Gasteiger partial charge in [-0.3, -0.25) is 9.80 Å². The topological polar surface area (TPSA) is 88.2 Å². The average Bonchev–Trinajstić information content (AvgIpc) is 2.68. The van der Waals surface area contributed by atoms with Gasteiger partial charge in [0.1, 0.15) is 5.52 Å². The van der Waals surface area contributed by atoms with E-state index >= 15 is 0 Å². The predicted octanol–water partition coefficient (Wildman–Crippen LogP) is 3.17. The summed E-state index contributed by atoms with van der Waals surface area (Å²) in [6.45, 7) is 4.64. The van der Waals surface area contributed by atoms with Gasteiger partial charge in [-0.2, -0.15) is 0 Å². The van der Waals surface area contributed by atoms with E-state index in [9.17, 15) is 4.79 Å². The number of nitrogens with zero attached hydrogens (tertiary/aromatic N) is 5. The lowest BCUT2D eigenvalue weighted by molar-refractivity contribution is 0.0230. The largest absolute Gasteiger partial charge is 0.368 e. The highest BCUT2D eigenvalue weighted by molar-refractivity contribution is 5.95. The van der Waals surface area contributed by atoms with Crippen molar-refractivity contribution in [1.29, 1.82) is 0 Å². The SMILES string of the molecule is CCCc1nc(N)nc2ccc(-c3cccc(C(=O)N(CC)N(C)C)c3)nc12. The normalized spacial score (nSPS) is 11.2. The van der Waals surface area contributed by atoms with Crippen LogP contribution in [0.3, 0.4) is 0 Å². The molecule has 7 nitrogen and oxygen atoms in total. The molecule has 2 aromatic heterocycles. The van der Waals surface area contributed by atoms with E-state index < -0.39 is 0 Å². The van der Waals surface area contributed by atoms with Gasteiger partial charge in [0.15, 0.2) is 0 Å². The Morgan fingerprint density at radius 3 is 2.54 bits per heavy atom. The summed E-state index contributed by atoms with van der Waals surface area (Å²) < 4.78 is 0. The molecule has 146 valence electrons. The second kappa shape index (κ2) is 8.31. The molecule has 0 spiro atoms. The summed E-state index contributed by atoms with van der Waals surface area (Å²) in [4.78, 5) is 26.3. The Hall–Kier alpha value is -3.06. The third-order valence-corrected chi connectivity index (χ3v) is 4.54. The third kappa shape index (κ3) is 3.94. The minimum atomic E-state index is -0.0436. The number of hydrogen-bond donors (Lipinski definition) is 1. The zero-order valence-electron chi connectivity index (χ0n) is 16.8. The van der Waals surface area contributed by atoms with Crippen molar-refractivity contribution in [2.24, 2.45) is 0 Å². The lowest BCUT2D eigenvalue weighted by Crippen LogP contribution is -2.41. The van der Waals surface area contributed by atoms with Crippen LogP contribution in [-0.4, -0.2) is 51.5 Å². The fourth-order valence-electron chi connectivity index (χ4n) is 3.23. The number of carbonyl (C=O) groups excluding carboxylic acids is 1. The number of aromatic nitrogens is 3. The van der Waals surface area contributed by atoms with Crippen molar-refractivity contribution in [3.63, 3.8) is 0 Å². The zero-order valence-corrected chi connectivity index (χ0v) is 16.8. The molecule has 0 fully saturated rings. The van der Waals surface area contributed by atoms with Gasteiger partial charge in [-0.1, -0.05) is 25.5 Å². The predicted molar refractivity (Wildman–Crippen MR) is 112 cm³/mol. The molecule has 0 saturated heterocycles. The minimum Gasteiger partial charge on any atom is -0.368 e. The molecular formula is C21H26N6O. The quantitative estimate of drug-likeness (QED) is 0.663. The third-order valence-electron chi connectivity index (χ3n) is 4.54. The molecule has 1 amide bonds. The van der Waals surface area contributed by atoms with Crippen molar-refractivity contribution in [2.75, 3.05) is 26.4 Å². The van der Waals surface area contributed by atoms with Gasteiger partial charge in [0.25, 0.3) is 5.91 Å². The number of carbonyl (C=O) groups is 1. The molecule has 2 heterocycles. The maximum Gasteiger partial charge on any atom is 0.268 e. The first kappa shape index (κ1) is 19.7. The van der Waals surface area contributed by atoms with Gasteiger partial charge in [0, 0.05) is 31.8 Å². The van der Waals surface area contributed by atoms with Gasteiger partial charge in [0.2, 0.25) is 5.95 Å². The fourth-order valence-corrected chi connectivity index (χ4v) is 3.23. The van der Waals surface area contributed by atoms with Crippen molar-refractivity contribution in [2.45, 2.75) is 26.7 Å². The van der Waals surface area contributed by atoms with Crippen LogP contribution in [0.4, 0.5) is 5.95 Å². The number of hydrazine groups is 1. The van der Waals surface area contributed by atoms with Crippen LogP contribution >= 0.6 is 0 Å². The number of fused-ring (bicyclic) bond motifs is 1. The second-order valence-corrected chi connectivity index (χ2v) is 6.79. The summed E-state index contributed by atoms with van der Waals surface area (Å²) in [5.74, 6) is 0.222. The van der Waals surface area contributed by atoms with E-state index in [4.69, 9.17) is 10.7 Å².